The van der Waals surface area contributed by atoms with Gasteiger partial charge in [0, 0.05) is 5.39 Å². The number of hydrogen-bond donors (Lipinski definition) is 2. The van der Waals surface area contributed by atoms with Crippen LogP contribution in [0.1, 0.15) is 10.4 Å². The molecule has 2 aromatic rings. The first kappa shape index (κ1) is 9.79. The highest BCUT2D eigenvalue weighted by Gasteiger charge is 2.17. The third-order valence-electron chi connectivity index (χ3n) is 2.13. The number of carboxylic acids is 1. The predicted octanol–water partition coefficient (Wildman–Crippen LogP) is 2.31. The van der Waals surface area contributed by atoms with E-state index >= 15 is 0 Å². The number of rotatable bonds is 2. The zero-order valence-corrected chi connectivity index (χ0v) is 8.67. The molecule has 0 aliphatic carbocycles. The standard InChI is InChI=1S/C10H8O4S/c1-14-7-4-6(10(12)13)8(11)5-2-3-15-9(5)7/h2-4,11H,1H3,(H,12,13). The van der Waals surface area contributed by atoms with E-state index in [2.05, 4.69) is 0 Å². The number of thiophene rings is 1. The Morgan fingerprint density at radius 1 is 1.53 bits per heavy atom. The maximum Gasteiger partial charge on any atom is 0.339 e. The quantitative estimate of drug-likeness (QED) is 0.821. The number of benzene rings is 1. The normalized spacial score (nSPS) is 10.5. The molecule has 1 aromatic carbocycles. The van der Waals surface area contributed by atoms with Gasteiger partial charge in [-0.1, -0.05) is 0 Å². The maximum atomic E-state index is 10.8. The van der Waals surface area contributed by atoms with Crippen molar-refractivity contribution in [2.75, 3.05) is 7.11 Å². The van der Waals surface area contributed by atoms with Crippen molar-refractivity contribution in [2.24, 2.45) is 0 Å². The van der Waals surface area contributed by atoms with Gasteiger partial charge in [0.1, 0.15) is 17.1 Å². The van der Waals surface area contributed by atoms with Crippen LogP contribution in [0.3, 0.4) is 0 Å². The van der Waals surface area contributed by atoms with E-state index in [9.17, 15) is 9.90 Å². The van der Waals surface area contributed by atoms with Crippen LogP contribution < -0.4 is 4.74 Å². The van der Waals surface area contributed by atoms with Gasteiger partial charge in [0.05, 0.1) is 11.8 Å². The number of carbonyl (C=O) groups is 1. The van der Waals surface area contributed by atoms with Crippen LogP contribution in [-0.4, -0.2) is 23.3 Å². The lowest BCUT2D eigenvalue weighted by Gasteiger charge is -2.06. The van der Waals surface area contributed by atoms with E-state index in [1.165, 1.54) is 24.5 Å². The Kier molecular flexibility index (Phi) is 2.24. The van der Waals surface area contributed by atoms with Gasteiger partial charge in [0.2, 0.25) is 0 Å². The van der Waals surface area contributed by atoms with Crippen LogP contribution in [0, 0.1) is 0 Å². The van der Waals surface area contributed by atoms with Gasteiger partial charge >= 0.3 is 5.97 Å². The minimum Gasteiger partial charge on any atom is -0.506 e. The minimum absolute atomic E-state index is 0.141. The zero-order chi connectivity index (χ0) is 11.0. The highest BCUT2D eigenvalue weighted by atomic mass is 32.1. The molecule has 1 heterocycles. The van der Waals surface area contributed by atoms with Gasteiger partial charge < -0.3 is 14.9 Å². The number of aromatic hydroxyl groups is 1. The van der Waals surface area contributed by atoms with Crippen molar-refractivity contribution in [3.05, 3.63) is 23.1 Å². The van der Waals surface area contributed by atoms with Crippen molar-refractivity contribution in [1.82, 2.24) is 0 Å². The predicted molar refractivity (Wildman–Crippen MR) is 57.0 cm³/mol. The molecule has 0 saturated carbocycles. The summed E-state index contributed by atoms with van der Waals surface area (Å²) in [7, 11) is 1.47. The van der Waals surface area contributed by atoms with Gasteiger partial charge in [-0.05, 0) is 17.5 Å². The van der Waals surface area contributed by atoms with Crippen LogP contribution in [-0.2, 0) is 0 Å². The van der Waals surface area contributed by atoms with Crippen LogP contribution >= 0.6 is 11.3 Å². The van der Waals surface area contributed by atoms with Crippen molar-refractivity contribution in [3.8, 4) is 11.5 Å². The van der Waals surface area contributed by atoms with E-state index in [1.807, 2.05) is 0 Å². The largest absolute Gasteiger partial charge is 0.506 e. The van der Waals surface area contributed by atoms with Crippen molar-refractivity contribution in [3.63, 3.8) is 0 Å². The third kappa shape index (κ3) is 1.41. The molecule has 0 bridgehead atoms. The smallest absolute Gasteiger partial charge is 0.339 e. The lowest BCUT2D eigenvalue weighted by molar-refractivity contribution is 0.0693. The molecule has 2 N–H and O–H groups in total. The van der Waals surface area contributed by atoms with Crippen LogP contribution in [0.2, 0.25) is 0 Å². The van der Waals surface area contributed by atoms with E-state index in [-0.39, 0.29) is 11.3 Å². The van der Waals surface area contributed by atoms with E-state index in [0.717, 1.165) is 4.70 Å². The summed E-state index contributed by atoms with van der Waals surface area (Å²) < 4.78 is 5.82. The van der Waals surface area contributed by atoms with Gasteiger partial charge in [-0.15, -0.1) is 11.3 Å². The molecule has 0 unspecified atom stereocenters. The summed E-state index contributed by atoms with van der Waals surface area (Å²) in [6.45, 7) is 0. The molecule has 15 heavy (non-hydrogen) atoms. The molecule has 1 aromatic heterocycles. The molecule has 0 saturated heterocycles. The van der Waals surface area contributed by atoms with Crippen LogP contribution in [0.4, 0.5) is 0 Å². The van der Waals surface area contributed by atoms with Crippen molar-refractivity contribution in [1.29, 1.82) is 0 Å². The Morgan fingerprint density at radius 2 is 2.27 bits per heavy atom. The summed E-state index contributed by atoms with van der Waals surface area (Å²) in [4.78, 5) is 10.8. The SMILES string of the molecule is COc1cc(C(=O)O)c(O)c2ccsc12. The Labute approximate surface area is 89.3 Å². The van der Waals surface area contributed by atoms with Crippen molar-refractivity contribution < 1.29 is 19.7 Å². The van der Waals surface area contributed by atoms with Crippen LogP contribution in [0.5, 0.6) is 11.5 Å². The monoisotopic (exact) mass is 224 g/mol. The first-order valence-electron chi connectivity index (χ1n) is 4.15. The summed E-state index contributed by atoms with van der Waals surface area (Å²) in [5.74, 6) is -0.909. The molecule has 0 atom stereocenters. The van der Waals surface area contributed by atoms with E-state index in [0.29, 0.717) is 11.1 Å². The average Bonchev–Trinajstić information content (AvgIpc) is 2.67. The summed E-state index contributed by atoms with van der Waals surface area (Å²) >= 11 is 1.40. The molecule has 0 amide bonds. The molecule has 0 radical (unpaired) electrons. The fourth-order valence-corrected chi connectivity index (χ4v) is 2.30. The van der Waals surface area contributed by atoms with E-state index in [4.69, 9.17) is 9.84 Å². The second kappa shape index (κ2) is 3.43. The van der Waals surface area contributed by atoms with Gasteiger partial charge in [0.15, 0.2) is 0 Å². The summed E-state index contributed by atoms with van der Waals surface area (Å²) in [5, 5.41) is 20.9. The molecular weight excluding hydrogens is 216 g/mol. The van der Waals surface area contributed by atoms with Crippen molar-refractivity contribution in [2.45, 2.75) is 0 Å². The molecular formula is C10H8O4S. The molecule has 4 nitrogen and oxygen atoms in total. The Hall–Kier alpha value is -1.75. The van der Waals surface area contributed by atoms with E-state index < -0.39 is 5.97 Å². The first-order chi connectivity index (χ1) is 7.15. The van der Waals surface area contributed by atoms with Crippen molar-refractivity contribution >= 4 is 27.4 Å². The maximum absolute atomic E-state index is 10.8. The zero-order valence-electron chi connectivity index (χ0n) is 7.85. The fraction of sp³-hybridized carbons (Fsp3) is 0.100. The second-order valence-corrected chi connectivity index (χ2v) is 3.86. The number of phenols is 1. The second-order valence-electron chi connectivity index (χ2n) is 2.94. The fourth-order valence-electron chi connectivity index (χ4n) is 1.41. The molecule has 78 valence electrons. The summed E-state index contributed by atoms with van der Waals surface area (Å²) in [6, 6.07) is 3.00. The van der Waals surface area contributed by atoms with Crippen LogP contribution in [0.15, 0.2) is 17.5 Å². The first-order valence-corrected chi connectivity index (χ1v) is 5.03. The number of aromatic carboxylic acids is 1. The lowest BCUT2D eigenvalue weighted by Crippen LogP contribution is -1.98. The summed E-state index contributed by atoms with van der Waals surface area (Å²) in [5.41, 5.74) is -0.141. The van der Waals surface area contributed by atoms with Gasteiger partial charge in [-0.3, -0.25) is 0 Å². The number of fused-ring (bicyclic) bond motifs is 1. The molecule has 2 rings (SSSR count). The number of methoxy groups -OCH3 is 1. The highest BCUT2D eigenvalue weighted by molar-refractivity contribution is 7.17. The number of hydrogen-bond acceptors (Lipinski definition) is 4. The Morgan fingerprint density at radius 3 is 2.87 bits per heavy atom. The average molecular weight is 224 g/mol. The third-order valence-corrected chi connectivity index (χ3v) is 3.05. The topological polar surface area (TPSA) is 66.8 Å². The summed E-state index contributed by atoms with van der Waals surface area (Å²) in [6.07, 6.45) is 0. The Bertz CT molecular complexity index is 529. The Balaban J connectivity index is 2.84. The highest BCUT2D eigenvalue weighted by Crippen LogP contribution is 2.39. The minimum atomic E-state index is -1.17. The van der Waals surface area contributed by atoms with E-state index in [1.54, 1.807) is 11.4 Å². The van der Waals surface area contributed by atoms with Gasteiger partial charge in [-0.2, -0.15) is 0 Å². The molecule has 0 fully saturated rings. The number of carboxylic acid groups (broad SMARTS) is 1. The molecule has 0 spiro atoms. The number of ether oxygens (including phenoxy) is 1. The van der Waals surface area contributed by atoms with Gasteiger partial charge in [-0.25, -0.2) is 4.79 Å². The van der Waals surface area contributed by atoms with Gasteiger partial charge in [0.25, 0.3) is 0 Å². The molecule has 5 heteroatoms. The molecule has 0 aliphatic heterocycles. The lowest BCUT2D eigenvalue weighted by atomic mass is 10.1. The molecule has 0 aliphatic rings. The van der Waals surface area contributed by atoms with Crippen LogP contribution in [0.25, 0.3) is 10.1 Å².